The Morgan fingerprint density at radius 2 is 1.36 bits per heavy atom. The number of carbonyl (C=O) groups excluding carboxylic acids is 3. The van der Waals surface area contributed by atoms with Crippen LogP contribution in [0.15, 0.2) is 95.9 Å². The first-order valence-corrected chi connectivity index (χ1v) is 10.7. The molecule has 6 nitrogen and oxygen atoms in total. The minimum Gasteiger partial charge on any atom is -0.462 e. The van der Waals surface area contributed by atoms with Crippen molar-refractivity contribution in [3.63, 3.8) is 0 Å². The Morgan fingerprint density at radius 1 is 0.818 bits per heavy atom. The van der Waals surface area contributed by atoms with E-state index in [1.54, 1.807) is 37.1 Å². The maximum absolute atomic E-state index is 13.6. The number of fused-ring (bicyclic) bond motifs is 1. The number of hydrogen-bond donors (Lipinski definition) is 0. The summed E-state index contributed by atoms with van der Waals surface area (Å²) in [6.07, 6.45) is 4.86. The molecule has 4 rings (SSSR count). The molecule has 166 valence electrons. The topological polar surface area (TPSA) is 72.9 Å². The molecular formula is C27H23NO5. The summed E-state index contributed by atoms with van der Waals surface area (Å²) in [4.78, 5) is 40.5. The van der Waals surface area contributed by atoms with Gasteiger partial charge < -0.3 is 14.4 Å². The average Bonchev–Trinajstić information content (AvgIpc) is 3.12. The number of esters is 2. The number of hydrogen-bond acceptors (Lipinski definition) is 6. The molecule has 0 atom stereocenters. The van der Waals surface area contributed by atoms with Crippen molar-refractivity contribution in [1.82, 2.24) is 4.90 Å². The van der Waals surface area contributed by atoms with Crippen LogP contribution in [0.2, 0.25) is 0 Å². The van der Waals surface area contributed by atoms with E-state index in [2.05, 4.69) is 0 Å². The van der Waals surface area contributed by atoms with Gasteiger partial charge in [-0.15, -0.1) is 0 Å². The van der Waals surface area contributed by atoms with Crippen molar-refractivity contribution in [2.75, 3.05) is 13.2 Å². The molecule has 0 amide bonds. The van der Waals surface area contributed by atoms with E-state index in [1.165, 1.54) is 0 Å². The van der Waals surface area contributed by atoms with Crippen LogP contribution in [-0.4, -0.2) is 35.8 Å². The van der Waals surface area contributed by atoms with Gasteiger partial charge in [0.25, 0.3) is 0 Å². The number of ketones is 1. The van der Waals surface area contributed by atoms with E-state index >= 15 is 0 Å². The third kappa shape index (κ3) is 4.15. The van der Waals surface area contributed by atoms with Crippen LogP contribution in [0.4, 0.5) is 0 Å². The molecule has 0 aliphatic carbocycles. The Hall–Kier alpha value is -4.19. The molecule has 2 aromatic rings. The fourth-order valence-corrected chi connectivity index (χ4v) is 3.86. The lowest BCUT2D eigenvalue weighted by molar-refractivity contribution is -0.146. The molecule has 2 heterocycles. The predicted octanol–water partition coefficient (Wildman–Crippen LogP) is 4.27. The molecule has 0 N–H and O–H groups in total. The number of Topliss-reactive ketones (excluding diaryl/α,β-unsaturated/α-hetero) is 1. The van der Waals surface area contributed by atoms with Gasteiger partial charge in [0.2, 0.25) is 5.78 Å². The summed E-state index contributed by atoms with van der Waals surface area (Å²) < 4.78 is 10.1. The molecule has 2 aromatic carbocycles. The Morgan fingerprint density at radius 3 is 1.91 bits per heavy atom. The number of carbonyl (C=O) groups is 3. The molecule has 0 saturated carbocycles. The lowest BCUT2D eigenvalue weighted by Gasteiger charge is -2.23. The smallest absolute Gasteiger partial charge is 0.346 e. The molecule has 0 saturated heterocycles. The maximum atomic E-state index is 13.6. The van der Waals surface area contributed by atoms with Crippen LogP contribution in [0.1, 0.15) is 25.0 Å². The van der Waals surface area contributed by atoms with Crippen LogP contribution < -0.4 is 0 Å². The van der Waals surface area contributed by atoms with E-state index < -0.39 is 11.9 Å². The molecule has 2 aliphatic heterocycles. The average molecular weight is 441 g/mol. The van der Waals surface area contributed by atoms with Crippen LogP contribution in [-0.2, 0) is 23.9 Å². The van der Waals surface area contributed by atoms with Crippen molar-refractivity contribution in [3.8, 4) is 0 Å². The summed E-state index contributed by atoms with van der Waals surface area (Å²) in [5.74, 6) is -1.77. The second-order valence-electron chi connectivity index (χ2n) is 7.27. The van der Waals surface area contributed by atoms with Gasteiger partial charge >= 0.3 is 11.9 Å². The first-order chi connectivity index (χ1) is 16.1. The first kappa shape index (κ1) is 22.0. The van der Waals surface area contributed by atoms with E-state index in [0.29, 0.717) is 11.3 Å². The quantitative estimate of drug-likeness (QED) is 0.288. The molecule has 0 unspecified atom stereocenters. The monoisotopic (exact) mass is 441 g/mol. The van der Waals surface area contributed by atoms with Gasteiger partial charge in [-0.05, 0) is 37.1 Å². The summed E-state index contributed by atoms with van der Waals surface area (Å²) in [7, 11) is 0. The summed E-state index contributed by atoms with van der Waals surface area (Å²) in [6, 6.07) is 19.0. The second kappa shape index (κ2) is 9.53. The van der Waals surface area contributed by atoms with Gasteiger partial charge in [0.05, 0.1) is 30.2 Å². The van der Waals surface area contributed by atoms with E-state index in [-0.39, 0.29) is 30.1 Å². The summed E-state index contributed by atoms with van der Waals surface area (Å²) in [5.41, 5.74) is 3.33. The highest BCUT2D eigenvalue weighted by molar-refractivity contribution is 6.38. The Bertz CT molecular complexity index is 1200. The molecule has 33 heavy (non-hydrogen) atoms. The molecule has 0 aromatic heterocycles. The van der Waals surface area contributed by atoms with Gasteiger partial charge in [0, 0.05) is 11.8 Å². The van der Waals surface area contributed by atoms with Crippen LogP contribution in [0.25, 0.3) is 11.3 Å². The van der Waals surface area contributed by atoms with Crippen LogP contribution in [0, 0.1) is 0 Å². The van der Waals surface area contributed by atoms with Crippen molar-refractivity contribution >= 4 is 29.0 Å². The van der Waals surface area contributed by atoms with Gasteiger partial charge in [0.15, 0.2) is 5.57 Å². The standard InChI is InChI=1S/C27H23NO5/c1-3-32-26(30)23(27(31)33-4-2)20-15-16-28-21(17-20)25(29)22(18-11-7-5-8-12-18)24(28)19-13-9-6-10-14-19/h5-17H,3-4H2,1-2H3. The number of benzene rings is 2. The van der Waals surface area contributed by atoms with Crippen LogP contribution >= 0.6 is 0 Å². The van der Waals surface area contributed by atoms with Gasteiger partial charge in [-0.2, -0.15) is 0 Å². The molecule has 6 heteroatoms. The summed E-state index contributed by atoms with van der Waals surface area (Å²) in [5, 5.41) is 0. The zero-order chi connectivity index (χ0) is 23.4. The molecule has 0 bridgehead atoms. The third-order valence-corrected chi connectivity index (χ3v) is 5.25. The lowest BCUT2D eigenvalue weighted by atomic mass is 9.97. The van der Waals surface area contributed by atoms with Crippen molar-refractivity contribution in [2.45, 2.75) is 13.8 Å². The van der Waals surface area contributed by atoms with Crippen LogP contribution in [0.3, 0.4) is 0 Å². The largest absolute Gasteiger partial charge is 0.462 e. The highest BCUT2D eigenvalue weighted by Gasteiger charge is 2.38. The normalized spacial score (nSPS) is 14.7. The SMILES string of the molecule is CCOC(=O)C(C(=O)OCC)=C1C=CN2C(=C1)C(=O)C(c1ccccc1)=C2c1ccccc1. The molecule has 0 radical (unpaired) electrons. The van der Waals surface area contributed by atoms with Gasteiger partial charge in [0.1, 0.15) is 0 Å². The number of rotatable bonds is 6. The van der Waals surface area contributed by atoms with E-state index in [1.807, 2.05) is 60.7 Å². The van der Waals surface area contributed by atoms with Crippen molar-refractivity contribution in [1.29, 1.82) is 0 Å². The zero-order valence-corrected chi connectivity index (χ0v) is 18.4. The Labute approximate surface area is 192 Å². The first-order valence-electron chi connectivity index (χ1n) is 10.7. The fraction of sp³-hybridized carbons (Fsp3) is 0.148. The highest BCUT2D eigenvalue weighted by Crippen LogP contribution is 2.43. The van der Waals surface area contributed by atoms with Gasteiger partial charge in [-0.25, -0.2) is 9.59 Å². The second-order valence-corrected chi connectivity index (χ2v) is 7.27. The van der Waals surface area contributed by atoms with Crippen LogP contribution in [0.5, 0.6) is 0 Å². The maximum Gasteiger partial charge on any atom is 0.346 e. The van der Waals surface area contributed by atoms with E-state index in [4.69, 9.17) is 9.47 Å². The third-order valence-electron chi connectivity index (χ3n) is 5.25. The number of allylic oxidation sites excluding steroid dienone is 4. The summed E-state index contributed by atoms with van der Waals surface area (Å²) in [6.45, 7) is 3.53. The van der Waals surface area contributed by atoms with E-state index in [0.717, 1.165) is 16.8 Å². The minimum absolute atomic E-state index is 0.109. The molecular weight excluding hydrogens is 418 g/mol. The molecule has 0 spiro atoms. The van der Waals surface area contributed by atoms with Crippen molar-refractivity contribution in [2.24, 2.45) is 0 Å². The molecule has 2 aliphatic rings. The Kier molecular flexibility index (Phi) is 6.36. The zero-order valence-electron chi connectivity index (χ0n) is 18.4. The van der Waals surface area contributed by atoms with Crippen molar-refractivity contribution < 1.29 is 23.9 Å². The number of ether oxygens (including phenoxy) is 2. The fourth-order valence-electron chi connectivity index (χ4n) is 3.86. The van der Waals surface area contributed by atoms with Gasteiger partial charge in [-0.3, -0.25) is 4.79 Å². The minimum atomic E-state index is -0.786. The summed E-state index contributed by atoms with van der Waals surface area (Å²) >= 11 is 0. The predicted molar refractivity (Wildman–Crippen MR) is 124 cm³/mol. The Balaban J connectivity index is 1.88. The van der Waals surface area contributed by atoms with Gasteiger partial charge in [-0.1, -0.05) is 60.7 Å². The molecule has 0 fully saturated rings. The van der Waals surface area contributed by atoms with E-state index in [9.17, 15) is 14.4 Å². The highest BCUT2D eigenvalue weighted by atomic mass is 16.6. The number of nitrogens with zero attached hydrogens (tertiary/aromatic N) is 1. The lowest BCUT2D eigenvalue weighted by Crippen LogP contribution is -2.22. The van der Waals surface area contributed by atoms with Crippen molar-refractivity contribution in [3.05, 3.63) is 107 Å².